The number of benzene rings is 1. The van der Waals surface area contributed by atoms with E-state index in [1.54, 1.807) is 0 Å². The van der Waals surface area contributed by atoms with Crippen LogP contribution in [0.5, 0.6) is 0 Å². The second-order valence-corrected chi connectivity index (χ2v) is 7.77. The average Bonchev–Trinajstić information content (AvgIpc) is 3.02. The van der Waals surface area contributed by atoms with E-state index >= 15 is 0 Å². The van der Waals surface area contributed by atoms with E-state index in [1.807, 2.05) is 65.6 Å². The summed E-state index contributed by atoms with van der Waals surface area (Å²) >= 11 is 0. The molecule has 2 heterocycles. The molecule has 0 spiro atoms. The first-order valence-electron chi connectivity index (χ1n) is 10.2. The van der Waals surface area contributed by atoms with Crippen molar-refractivity contribution in [3.05, 3.63) is 52.8 Å². The zero-order valence-electron chi connectivity index (χ0n) is 17.5. The van der Waals surface area contributed by atoms with E-state index in [-0.39, 0.29) is 18.5 Å². The number of rotatable bonds is 7. The summed E-state index contributed by atoms with van der Waals surface area (Å²) in [5, 5.41) is 13.6. The lowest BCUT2D eigenvalue weighted by Gasteiger charge is -2.37. The van der Waals surface area contributed by atoms with Crippen LogP contribution in [0, 0.1) is 13.8 Å². The molecule has 1 aliphatic rings. The van der Waals surface area contributed by atoms with Crippen LogP contribution in [-0.2, 0) is 11.3 Å². The minimum Gasteiger partial charge on any atom is -0.480 e. The second-order valence-electron chi connectivity index (χ2n) is 7.77. The number of likely N-dealkylation sites (N-methyl/N-ethyl adjacent to an activating group) is 1. The summed E-state index contributed by atoms with van der Waals surface area (Å²) in [4.78, 5) is 27.9. The average molecular weight is 399 g/mol. The van der Waals surface area contributed by atoms with Crippen molar-refractivity contribution in [2.75, 3.05) is 26.2 Å². The number of nitrogens with zero attached hydrogens (tertiary/aromatic N) is 4. The van der Waals surface area contributed by atoms with Gasteiger partial charge in [-0.05, 0) is 57.0 Å². The van der Waals surface area contributed by atoms with E-state index < -0.39 is 5.97 Å². The monoisotopic (exact) mass is 398 g/mol. The third-order valence-corrected chi connectivity index (χ3v) is 5.62. The minimum atomic E-state index is -0.801. The predicted octanol–water partition coefficient (Wildman–Crippen LogP) is 2.56. The molecule has 29 heavy (non-hydrogen) atoms. The smallest absolute Gasteiger partial charge is 0.317 e. The molecule has 1 aliphatic heterocycles. The lowest BCUT2D eigenvalue weighted by Crippen LogP contribution is -2.48. The molecule has 1 amide bonds. The van der Waals surface area contributed by atoms with Crippen LogP contribution < -0.4 is 0 Å². The summed E-state index contributed by atoms with van der Waals surface area (Å²) in [7, 11) is 0. The van der Waals surface area contributed by atoms with Gasteiger partial charge in [0.05, 0.1) is 18.8 Å². The molecule has 1 N–H and O–H groups in total. The van der Waals surface area contributed by atoms with Gasteiger partial charge in [-0.2, -0.15) is 5.10 Å². The summed E-state index contributed by atoms with van der Waals surface area (Å²) in [6.45, 7) is 8.70. The largest absolute Gasteiger partial charge is 0.480 e. The van der Waals surface area contributed by atoms with Crippen LogP contribution in [0.25, 0.3) is 0 Å². The molecular weight excluding hydrogens is 368 g/mol. The minimum absolute atomic E-state index is 0.0416. The number of aryl methyl sites for hydroxylation is 2. The molecule has 1 saturated heterocycles. The van der Waals surface area contributed by atoms with E-state index in [0.717, 1.165) is 29.8 Å². The van der Waals surface area contributed by atoms with Crippen molar-refractivity contribution in [1.29, 1.82) is 0 Å². The standard InChI is InChI=1S/C22H30N4O3/c1-4-24(15-21(27)28)20-8-10-25(11-9-20)22(29)19-7-5-6-18(13-19)14-26-17(3)12-16(2)23-26/h5-7,12-13,20H,4,8-11,14-15H2,1-3H3,(H,27,28). The van der Waals surface area contributed by atoms with Crippen LogP contribution in [0.4, 0.5) is 0 Å². The number of hydrogen-bond donors (Lipinski definition) is 1. The quantitative estimate of drug-likeness (QED) is 0.776. The molecule has 7 heteroatoms. The number of carboxylic acid groups (broad SMARTS) is 1. The van der Waals surface area contributed by atoms with Crippen molar-refractivity contribution >= 4 is 11.9 Å². The van der Waals surface area contributed by atoms with Crippen LogP contribution in [0.3, 0.4) is 0 Å². The highest BCUT2D eigenvalue weighted by Crippen LogP contribution is 2.19. The molecule has 0 bridgehead atoms. The van der Waals surface area contributed by atoms with Gasteiger partial charge < -0.3 is 10.0 Å². The Morgan fingerprint density at radius 1 is 1.21 bits per heavy atom. The van der Waals surface area contributed by atoms with Crippen LogP contribution >= 0.6 is 0 Å². The maximum absolute atomic E-state index is 13.0. The van der Waals surface area contributed by atoms with Gasteiger partial charge >= 0.3 is 5.97 Å². The van der Waals surface area contributed by atoms with Crippen molar-refractivity contribution in [3.63, 3.8) is 0 Å². The Kier molecular flexibility index (Phi) is 6.69. The molecule has 0 saturated carbocycles. The first-order chi connectivity index (χ1) is 13.9. The van der Waals surface area contributed by atoms with Crippen molar-refractivity contribution in [2.45, 2.75) is 46.2 Å². The molecule has 156 valence electrons. The number of carbonyl (C=O) groups is 2. The van der Waals surface area contributed by atoms with Gasteiger partial charge in [-0.1, -0.05) is 19.1 Å². The van der Waals surface area contributed by atoms with Gasteiger partial charge in [-0.25, -0.2) is 0 Å². The van der Waals surface area contributed by atoms with Gasteiger partial charge in [0.25, 0.3) is 5.91 Å². The predicted molar refractivity (Wildman–Crippen MR) is 111 cm³/mol. The zero-order valence-corrected chi connectivity index (χ0v) is 17.5. The number of piperidine rings is 1. The molecule has 1 fully saturated rings. The SMILES string of the molecule is CCN(CC(=O)O)C1CCN(C(=O)c2cccc(Cn3nc(C)cc3C)c2)CC1. The number of carbonyl (C=O) groups excluding carboxylic acids is 1. The molecule has 7 nitrogen and oxygen atoms in total. The Hall–Kier alpha value is -2.67. The molecule has 3 rings (SSSR count). The normalized spacial score (nSPS) is 15.1. The lowest BCUT2D eigenvalue weighted by atomic mass is 10.0. The van der Waals surface area contributed by atoms with Gasteiger partial charge in [-0.15, -0.1) is 0 Å². The number of hydrogen-bond acceptors (Lipinski definition) is 4. The molecule has 0 atom stereocenters. The van der Waals surface area contributed by atoms with Crippen molar-refractivity contribution < 1.29 is 14.7 Å². The fourth-order valence-corrected chi connectivity index (χ4v) is 4.10. The van der Waals surface area contributed by atoms with Crippen molar-refractivity contribution in [2.24, 2.45) is 0 Å². The summed E-state index contributed by atoms with van der Waals surface area (Å²) in [5.74, 6) is -0.760. The highest BCUT2D eigenvalue weighted by molar-refractivity contribution is 5.94. The summed E-state index contributed by atoms with van der Waals surface area (Å²) in [6.07, 6.45) is 1.61. The summed E-state index contributed by atoms with van der Waals surface area (Å²) in [6, 6.07) is 10.0. The van der Waals surface area contributed by atoms with Gasteiger partial charge in [0.15, 0.2) is 0 Å². The van der Waals surface area contributed by atoms with Gasteiger partial charge in [0.1, 0.15) is 0 Å². The van der Waals surface area contributed by atoms with Gasteiger partial charge in [0, 0.05) is 30.4 Å². The number of aliphatic carboxylic acids is 1. The first-order valence-corrected chi connectivity index (χ1v) is 10.2. The van der Waals surface area contributed by atoms with Gasteiger partial charge in [0.2, 0.25) is 0 Å². The summed E-state index contributed by atoms with van der Waals surface area (Å²) in [5.41, 5.74) is 3.83. The Morgan fingerprint density at radius 2 is 1.93 bits per heavy atom. The molecule has 1 aromatic carbocycles. The Morgan fingerprint density at radius 3 is 2.52 bits per heavy atom. The highest BCUT2D eigenvalue weighted by atomic mass is 16.4. The van der Waals surface area contributed by atoms with Crippen LogP contribution in [0.15, 0.2) is 30.3 Å². The van der Waals surface area contributed by atoms with E-state index in [0.29, 0.717) is 31.7 Å². The number of aromatic nitrogens is 2. The lowest BCUT2D eigenvalue weighted by molar-refractivity contribution is -0.139. The van der Waals surface area contributed by atoms with E-state index in [4.69, 9.17) is 5.11 Å². The molecule has 0 radical (unpaired) electrons. The number of amides is 1. The molecule has 0 aliphatic carbocycles. The van der Waals surface area contributed by atoms with Gasteiger partial charge in [-0.3, -0.25) is 19.2 Å². The van der Waals surface area contributed by atoms with Crippen LogP contribution in [0.2, 0.25) is 0 Å². The van der Waals surface area contributed by atoms with Crippen molar-refractivity contribution in [3.8, 4) is 0 Å². The second kappa shape index (κ2) is 9.22. The topological polar surface area (TPSA) is 78.7 Å². The maximum atomic E-state index is 13.0. The Bertz CT molecular complexity index is 869. The highest BCUT2D eigenvalue weighted by Gasteiger charge is 2.27. The molecule has 1 aromatic heterocycles. The fraction of sp³-hybridized carbons (Fsp3) is 0.500. The first kappa shape index (κ1) is 21.0. The Labute approximate surface area is 171 Å². The van der Waals surface area contributed by atoms with E-state index in [1.165, 1.54) is 0 Å². The molecule has 2 aromatic rings. The van der Waals surface area contributed by atoms with Crippen LogP contribution in [0.1, 0.15) is 47.1 Å². The fourth-order valence-electron chi connectivity index (χ4n) is 4.10. The maximum Gasteiger partial charge on any atom is 0.317 e. The Balaban J connectivity index is 1.62. The third kappa shape index (κ3) is 5.23. The molecule has 0 unspecified atom stereocenters. The zero-order chi connectivity index (χ0) is 21.0. The number of likely N-dealkylation sites (tertiary alicyclic amines) is 1. The number of carboxylic acids is 1. The third-order valence-electron chi connectivity index (χ3n) is 5.62. The van der Waals surface area contributed by atoms with Crippen molar-refractivity contribution in [1.82, 2.24) is 19.6 Å². The molecular formula is C22H30N4O3. The van der Waals surface area contributed by atoms with E-state index in [2.05, 4.69) is 5.10 Å². The summed E-state index contributed by atoms with van der Waals surface area (Å²) < 4.78 is 1.95. The van der Waals surface area contributed by atoms with Crippen LogP contribution in [-0.4, -0.2) is 68.8 Å². The van der Waals surface area contributed by atoms with E-state index in [9.17, 15) is 9.59 Å².